The fourth-order valence-electron chi connectivity index (χ4n) is 3.46. The first-order chi connectivity index (χ1) is 13.7. The van der Waals surface area contributed by atoms with Gasteiger partial charge in [-0.2, -0.15) is 4.98 Å². The number of esters is 1. The summed E-state index contributed by atoms with van der Waals surface area (Å²) in [5, 5.41) is 3.27. The lowest BCUT2D eigenvalue weighted by Gasteiger charge is -2.23. The van der Waals surface area contributed by atoms with Crippen molar-refractivity contribution in [2.45, 2.75) is 26.3 Å². The van der Waals surface area contributed by atoms with Crippen LogP contribution in [-0.4, -0.2) is 28.6 Å². The molecule has 2 heterocycles. The van der Waals surface area contributed by atoms with E-state index >= 15 is 0 Å². The van der Waals surface area contributed by atoms with Gasteiger partial charge in [-0.3, -0.25) is 0 Å². The maximum Gasteiger partial charge on any atom is 0.338 e. The summed E-state index contributed by atoms with van der Waals surface area (Å²) in [5.74, 6) is 1.05. The number of nitrogens with zero attached hydrogens (tertiary/aromatic N) is 3. The van der Waals surface area contributed by atoms with Crippen molar-refractivity contribution in [3.05, 3.63) is 71.9 Å². The highest BCUT2D eigenvalue weighted by atomic mass is 16.5. The first-order valence-corrected chi connectivity index (χ1v) is 9.40. The van der Waals surface area contributed by atoms with E-state index in [1.54, 1.807) is 25.3 Å². The molecule has 0 aliphatic carbocycles. The van der Waals surface area contributed by atoms with E-state index in [0.29, 0.717) is 30.0 Å². The molecule has 0 amide bonds. The molecule has 0 saturated carbocycles. The Balaban J connectivity index is 1.54. The van der Waals surface area contributed by atoms with Gasteiger partial charge >= 0.3 is 5.97 Å². The summed E-state index contributed by atoms with van der Waals surface area (Å²) in [7, 11) is 0. The standard InChI is InChI=1S/C22H22N4O2/c1-3-28-21(27)16-8-10-18(11-9-16)24-20-12-13-23-22(25-20)26-15(2)14-17-6-4-5-7-19(17)26/h4-13,15H,3,14H2,1-2H3,(H,23,24,25). The molecule has 4 rings (SSSR count). The van der Waals surface area contributed by atoms with Crippen molar-refractivity contribution in [3.8, 4) is 0 Å². The third-order valence-corrected chi connectivity index (χ3v) is 4.73. The molecule has 1 atom stereocenters. The summed E-state index contributed by atoms with van der Waals surface area (Å²) in [5.41, 5.74) is 3.84. The van der Waals surface area contributed by atoms with Crippen LogP contribution < -0.4 is 10.2 Å². The number of carbonyl (C=O) groups excluding carboxylic acids is 1. The van der Waals surface area contributed by atoms with E-state index in [0.717, 1.165) is 17.8 Å². The van der Waals surface area contributed by atoms with E-state index in [2.05, 4.69) is 40.3 Å². The number of hydrogen-bond acceptors (Lipinski definition) is 6. The molecule has 3 aromatic rings. The molecule has 1 unspecified atom stereocenters. The van der Waals surface area contributed by atoms with Gasteiger partial charge in [0.25, 0.3) is 0 Å². The second-order valence-electron chi connectivity index (χ2n) is 6.72. The predicted molar refractivity (Wildman–Crippen MR) is 109 cm³/mol. The smallest absolute Gasteiger partial charge is 0.338 e. The SMILES string of the molecule is CCOC(=O)c1ccc(Nc2ccnc(N3c4ccccc4CC3C)n2)cc1. The molecule has 1 aliphatic rings. The predicted octanol–water partition coefficient (Wildman–Crippen LogP) is 4.48. The van der Waals surface area contributed by atoms with Gasteiger partial charge in [-0.1, -0.05) is 18.2 Å². The minimum Gasteiger partial charge on any atom is -0.462 e. The number of fused-ring (bicyclic) bond motifs is 1. The van der Waals surface area contributed by atoms with Gasteiger partial charge in [0.1, 0.15) is 5.82 Å². The van der Waals surface area contributed by atoms with Crippen LogP contribution in [0.25, 0.3) is 0 Å². The van der Waals surface area contributed by atoms with Crippen LogP contribution in [0, 0.1) is 0 Å². The van der Waals surface area contributed by atoms with Crippen molar-refractivity contribution in [3.63, 3.8) is 0 Å². The zero-order valence-electron chi connectivity index (χ0n) is 15.9. The number of nitrogens with one attached hydrogen (secondary N) is 1. The minimum absolute atomic E-state index is 0.302. The van der Waals surface area contributed by atoms with E-state index in [1.807, 2.05) is 24.3 Å². The summed E-state index contributed by atoms with van der Waals surface area (Å²) in [4.78, 5) is 23.1. The Hall–Kier alpha value is -3.41. The van der Waals surface area contributed by atoms with Crippen LogP contribution in [0.15, 0.2) is 60.8 Å². The van der Waals surface area contributed by atoms with Crippen LogP contribution in [0.1, 0.15) is 29.8 Å². The van der Waals surface area contributed by atoms with Crippen molar-refractivity contribution in [1.82, 2.24) is 9.97 Å². The molecule has 0 fully saturated rings. The van der Waals surface area contributed by atoms with Crippen LogP contribution in [-0.2, 0) is 11.2 Å². The summed E-state index contributed by atoms with van der Waals surface area (Å²) in [6, 6.07) is 17.6. The number of carbonyl (C=O) groups is 1. The topological polar surface area (TPSA) is 67.3 Å². The van der Waals surface area contributed by atoms with Crippen LogP contribution >= 0.6 is 0 Å². The van der Waals surface area contributed by atoms with Gasteiger partial charge in [0.2, 0.25) is 5.95 Å². The first kappa shape index (κ1) is 18.0. The van der Waals surface area contributed by atoms with Crippen molar-refractivity contribution in [2.24, 2.45) is 0 Å². The van der Waals surface area contributed by atoms with Crippen molar-refractivity contribution in [2.75, 3.05) is 16.8 Å². The summed E-state index contributed by atoms with van der Waals surface area (Å²) < 4.78 is 5.01. The molecule has 6 nitrogen and oxygen atoms in total. The Morgan fingerprint density at radius 2 is 1.96 bits per heavy atom. The fraction of sp³-hybridized carbons (Fsp3) is 0.227. The van der Waals surface area contributed by atoms with Crippen LogP contribution in [0.3, 0.4) is 0 Å². The van der Waals surface area contributed by atoms with E-state index < -0.39 is 0 Å². The lowest BCUT2D eigenvalue weighted by atomic mass is 10.1. The van der Waals surface area contributed by atoms with E-state index in [4.69, 9.17) is 9.72 Å². The molecule has 0 radical (unpaired) electrons. The third kappa shape index (κ3) is 3.53. The van der Waals surface area contributed by atoms with Gasteiger partial charge in [-0.25, -0.2) is 9.78 Å². The van der Waals surface area contributed by atoms with Gasteiger partial charge in [-0.05, 0) is 62.2 Å². The average molecular weight is 374 g/mol. The number of anilines is 4. The zero-order valence-corrected chi connectivity index (χ0v) is 15.9. The van der Waals surface area contributed by atoms with E-state index in [1.165, 1.54) is 5.56 Å². The fourth-order valence-corrected chi connectivity index (χ4v) is 3.46. The van der Waals surface area contributed by atoms with Gasteiger partial charge in [0.05, 0.1) is 12.2 Å². The maximum atomic E-state index is 11.8. The Bertz CT molecular complexity index is 988. The Labute approximate surface area is 164 Å². The second-order valence-corrected chi connectivity index (χ2v) is 6.72. The molecule has 0 spiro atoms. The molecular weight excluding hydrogens is 352 g/mol. The molecule has 6 heteroatoms. The minimum atomic E-state index is -0.319. The Morgan fingerprint density at radius 3 is 2.75 bits per heavy atom. The number of rotatable bonds is 5. The van der Waals surface area contributed by atoms with Crippen LogP contribution in [0.5, 0.6) is 0 Å². The average Bonchev–Trinajstić information content (AvgIpc) is 3.04. The van der Waals surface area contributed by atoms with Crippen molar-refractivity contribution in [1.29, 1.82) is 0 Å². The molecule has 1 aliphatic heterocycles. The number of aromatic nitrogens is 2. The van der Waals surface area contributed by atoms with Gasteiger partial charge in [0, 0.05) is 23.6 Å². The molecule has 0 bridgehead atoms. The van der Waals surface area contributed by atoms with Gasteiger partial charge < -0.3 is 15.0 Å². The first-order valence-electron chi connectivity index (χ1n) is 9.40. The van der Waals surface area contributed by atoms with Gasteiger partial charge in [0.15, 0.2) is 0 Å². The number of ether oxygens (including phenoxy) is 1. The van der Waals surface area contributed by atoms with Gasteiger partial charge in [-0.15, -0.1) is 0 Å². The molecule has 1 N–H and O–H groups in total. The zero-order chi connectivity index (χ0) is 19.5. The van der Waals surface area contributed by atoms with Crippen LogP contribution in [0.2, 0.25) is 0 Å². The van der Waals surface area contributed by atoms with Crippen LogP contribution in [0.4, 0.5) is 23.1 Å². The Morgan fingerprint density at radius 1 is 1.18 bits per heavy atom. The summed E-state index contributed by atoms with van der Waals surface area (Å²) in [6.45, 7) is 4.33. The molecular formula is C22H22N4O2. The molecule has 0 saturated heterocycles. The monoisotopic (exact) mass is 374 g/mol. The largest absolute Gasteiger partial charge is 0.462 e. The Kier molecular flexibility index (Phi) is 4.93. The lowest BCUT2D eigenvalue weighted by molar-refractivity contribution is 0.0526. The molecule has 142 valence electrons. The maximum absolute atomic E-state index is 11.8. The van der Waals surface area contributed by atoms with Crippen molar-refractivity contribution >= 4 is 29.1 Å². The molecule has 28 heavy (non-hydrogen) atoms. The highest BCUT2D eigenvalue weighted by Gasteiger charge is 2.28. The summed E-state index contributed by atoms with van der Waals surface area (Å²) >= 11 is 0. The highest BCUT2D eigenvalue weighted by molar-refractivity contribution is 5.89. The number of hydrogen-bond donors (Lipinski definition) is 1. The lowest BCUT2D eigenvalue weighted by Crippen LogP contribution is -2.25. The molecule has 1 aromatic heterocycles. The number of para-hydroxylation sites is 1. The highest BCUT2D eigenvalue weighted by Crippen LogP contribution is 2.36. The van der Waals surface area contributed by atoms with E-state index in [-0.39, 0.29) is 5.97 Å². The molecule has 2 aromatic carbocycles. The summed E-state index contributed by atoms with van der Waals surface area (Å²) in [6.07, 6.45) is 2.73. The normalized spacial score (nSPS) is 15.2. The van der Waals surface area contributed by atoms with Crippen molar-refractivity contribution < 1.29 is 9.53 Å². The van der Waals surface area contributed by atoms with E-state index in [9.17, 15) is 4.79 Å². The third-order valence-electron chi connectivity index (χ3n) is 4.73. The second kappa shape index (κ2) is 7.68. The quantitative estimate of drug-likeness (QED) is 0.664. The number of benzene rings is 2.